The lowest BCUT2D eigenvalue weighted by molar-refractivity contribution is -0.139. The number of nitrogens with one attached hydrogen (secondary N) is 1. The van der Waals surface area contributed by atoms with Gasteiger partial charge in [0, 0.05) is 24.7 Å². The van der Waals surface area contributed by atoms with E-state index in [1.165, 1.54) is 0 Å². The number of carbonyl (C=O) groups is 1. The number of halogens is 1. The fraction of sp³-hybridized carbons (Fsp3) is 0.444. The molecule has 24 heavy (non-hydrogen) atoms. The molecule has 0 spiro atoms. The summed E-state index contributed by atoms with van der Waals surface area (Å²) in [6.45, 7) is 5.20. The van der Waals surface area contributed by atoms with Crippen molar-refractivity contribution in [3.63, 3.8) is 0 Å². The Morgan fingerprint density at radius 2 is 2.25 bits per heavy atom. The zero-order valence-corrected chi connectivity index (χ0v) is 14.7. The van der Waals surface area contributed by atoms with Crippen LogP contribution in [0.5, 0.6) is 5.75 Å². The van der Waals surface area contributed by atoms with E-state index in [2.05, 4.69) is 16.3 Å². The molecule has 2 atom stereocenters. The number of benzene rings is 1. The average molecular weight is 348 g/mol. The lowest BCUT2D eigenvalue weighted by atomic mass is 9.94. The minimum Gasteiger partial charge on any atom is -0.479 e. The Balaban J connectivity index is 1.64. The van der Waals surface area contributed by atoms with Crippen molar-refractivity contribution in [1.29, 1.82) is 0 Å². The highest BCUT2D eigenvalue weighted by Gasteiger charge is 2.29. The van der Waals surface area contributed by atoms with Gasteiger partial charge in [0.1, 0.15) is 5.75 Å². The molecular formula is C18H22ClN3O2. The Morgan fingerprint density at radius 1 is 1.46 bits per heavy atom. The first kappa shape index (κ1) is 16.8. The second kappa shape index (κ2) is 7.26. The Kier molecular flexibility index (Phi) is 5.09. The van der Waals surface area contributed by atoms with Gasteiger partial charge in [-0.25, -0.2) is 0 Å². The number of likely N-dealkylation sites (tertiary alicyclic amines) is 1. The first-order valence-corrected chi connectivity index (χ1v) is 8.64. The van der Waals surface area contributed by atoms with Crippen molar-refractivity contribution in [2.75, 3.05) is 13.1 Å². The number of aryl methyl sites for hydroxylation is 1. The van der Waals surface area contributed by atoms with E-state index < -0.39 is 6.10 Å². The summed E-state index contributed by atoms with van der Waals surface area (Å²) in [5.41, 5.74) is 2.08. The summed E-state index contributed by atoms with van der Waals surface area (Å²) in [7, 11) is 0. The van der Waals surface area contributed by atoms with Crippen LogP contribution in [0, 0.1) is 6.92 Å². The molecule has 0 aliphatic carbocycles. The Labute approximate surface area is 147 Å². The van der Waals surface area contributed by atoms with Gasteiger partial charge in [0.05, 0.1) is 10.7 Å². The molecule has 5 nitrogen and oxygen atoms in total. The van der Waals surface area contributed by atoms with E-state index in [9.17, 15) is 4.79 Å². The van der Waals surface area contributed by atoms with Gasteiger partial charge in [0.15, 0.2) is 6.10 Å². The van der Waals surface area contributed by atoms with Crippen molar-refractivity contribution in [2.45, 2.75) is 38.7 Å². The van der Waals surface area contributed by atoms with E-state index in [4.69, 9.17) is 16.3 Å². The first-order chi connectivity index (χ1) is 11.5. The van der Waals surface area contributed by atoms with Gasteiger partial charge < -0.3 is 9.64 Å². The third-order valence-electron chi connectivity index (χ3n) is 4.37. The minimum absolute atomic E-state index is 0.00752. The molecule has 128 valence electrons. The van der Waals surface area contributed by atoms with Crippen LogP contribution in [-0.4, -0.2) is 40.2 Å². The molecule has 3 rings (SSSR count). The molecule has 2 heterocycles. The normalized spacial score (nSPS) is 19.1. The Morgan fingerprint density at radius 3 is 2.96 bits per heavy atom. The first-order valence-electron chi connectivity index (χ1n) is 8.26. The SMILES string of the molecule is Cc1cc([C@@H]2CCCN(C(=O)[C@H](C)Oc3ccccc3Cl)C2)n[nH]1. The molecule has 0 saturated carbocycles. The minimum atomic E-state index is -0.565. The van der Waals surface area contributed by atoms with Crippen LogP contribution >= 0.6 is 11.6 Å². The molecular weight excluding hydrogens is 326 g/mol. The number of nitrogens with zero attached hydrogens (tertiary/aromatic N) is 2. The summed E-state index contributed by atoms with van der Waals surface area (Å²) >= 11 is 6.10. The van der Waals surface area contributed by atoms with E-state index in [1.54, 1.807) is 19.1 Å². The lowest BCUT2D eigenvalue weighted by Gasteiger charge is -2.33. The Hall–Kier alpha value is -2.01. The number of H-pyrrole nitrogens is 1. The van der Waals surface area contributed by atoms with Crippen LogP contribution in [0.3, 0.4) is 0 Å². The van der Waals surface area contributed by atoms with Crippen molar-refractivity contribution >= 4 is 17.5 Å². The zero-order valence-electron chi connectivity index (χ0n) is 14.0. The predicted octanol–water partition coefficient (Wildman–Crippen LogP) is 3.55. The van der Waals surface area contributed by atoms with Crippen molar-refractivity contribution in [3.8, 4) is 5.75 Å². The number of amides is 1. The van der Waals surface area contributed by atoms with Crippen molar-refractivity contribution in [3.05, 3.63) is 46.7 Å². The number of carbonyl (C=O) groups excluding carboxylic acids is 1. The molecule has 0 unspecified atom stereocenters. The highest BCUT2D eigenvalue weighted by molar-refractivity contribution is 6.32. The molecule has 6 heteroatoms. The summed E-state index contributed by atoms with van der Waals surface area (Å²) in [4.78, 5) is 14.6. The summed E-state index contributed by atoms with van der Waals surface area (Å²) < 4.78 is 5.76. The Bertz CT molecular complexity index is 716. The second-order valence-electron chi connectivity index (χ2n) is 6.29. The van der Waals surface area contributed by atoms with Gasteiger partial charge in [0.2, 0.25) is 0 Å². The number of aromatic amines is 1. The van der Waals surface area contributed by atoms with Gasteiger partial charge in [-0.1, -0.05) is 23.7 Å². The van der Waals surface area contributed by atoms with E-state index in [0.29, 0.717) is 17.3 Å². The molecule has 1 aliphatic heterocycles. The molecule has 1 saturated heterocycles. The van der Waals surface area contributed by atoms with Crippen LogP contribution in [0.4, 0.5) is 0 Å². The fourth-order valence-corrected chi connectivity index (χ4v) is 3.29. The van der Waals surface area contributed by atoms with Crippen LogP contribution in [-0.2, 0) is 4.79 Å². The summed E-state index contributed by atoms with van der Waals surface area (Å²) in [6.07, 6.45) is 1.46. The van der Waals surface area contributed by atoms with Crippen molar-refractivity contribution in [1.82, 2.24) is 15.1 Å². The largest absolute Gasteiger partial charge is 0.479 e. The van der Waals surface area contributed by atoms with Crippen LogP contribution < -0.4 is 4.74 Å². The summed E-state index contributed by atoms with van der Waals surface area (Å²) in [5, 5.41) is 7.84. The van der Waals surface area contributed by atoms with Gasteiger partial charge in [-0.15, -0.1) is 0 Å². The topological polar surface area (TPSA) is 58.2 Å². The van der Waals surface area contributed by atoms with Gasteiger partial charge in [-0.05, 0) is 44.9 Å². The fourth-order valence-electron chi connectivity index (χ4n) is 3.11. The van der Waals surface area contributed by atoms with Crippen LogP contribution in [0.2, 0.25) is 5.02 Å². The van der Waals surface area contributed by atoms with E-state index >= 15 is 0 Å². The maximum Gasteiger partial charge on any atom is 0.263 e. The quantitative estimate of drug-likeness (QED) is 0.920. The monoisotopic (exact) mass is 347 g/mol. The molecule has 2 aromatic rings. The zero-order chi connectivity index (χ0) is 17.1. The average Bonchev–Trinajstić information content (AvgIpc) is 3.03. The highest BCUT2D eigenvalue weighted by Crippen LogP contribution is 2.28. The molecule has 1 amide bonds. The number of hydrogen-bond acceptors (Lipinski definition) is 3. The number of ether oxygens (including phenoxy) is 1. The van der Waals surface area contributed by atoms with Crippen molar-refractivity contribution < 1.29 is 9.53 Å². The van der Waals surface area contributed by atoms with Gasteiger partial charge in [-0.3, -0.25) is 9.89 Å². The molecule has 1 aromatic carbocycles. The lowest BCUT2D eigenvalue weighted by Crippen LogP contribution is -2.45. The molecule has 1 aliphatic rings. The standard InChI is InChI=1S/C18H22ClN3O2/c1-12-10-16(21-20-12)14-6-5-9-22(11-14)18(23)13(2)24-17-8-4-3-7-15(17)19/h3-4,7-8,10,13-14H,5-6,9,11H2,1-2H3,(H,20,21)/t13-,14+/m0/s1. The third kappa shape index (κ3) is 3.73. The maximum absolute atomic E-state index is 12.7. The predicted molar refractivity (Wildman–Crippen MR) is 93.4 cm³/mol. The number of aromatic nitrogens is 2. The van der Waals surface area contributed by atoms with E-state index in [1.807, 2.05) is 24.0 Å². The number of para-hydroxylation sites is 1. The molecule has 1 fully saturated rings. The summed E-state index contributed by atoms with van der Waals surface area (Å²) in [5.74, 6) is 0.809. The van der Waals surface area contributed by atoms with Gasteiger partial charge in [-0.2, -0.15) is 5.10 Å². The van der Waals surface area contributed by atoms with Crippen molar-refractivity contribution in [2.24, 2.45) is 0 Å². The second-order valence-corrected chi connectivity index (χ2v) is 6.70. The van der Waals surface area contributed by atoms with E-state index in [0.717, 1.165) is 30.8 Å². The molecule has 1 aromatic heterocycles. The summed E-state index contributed by atoms with van der Waals surface area (Å²) in [6, 6.07) is 9.27. The highest BCUT2D eigenvalue weighted by atomic mass is 35.5. The molecule has 1 N–H and O–H groups in total. The van der Waals surface area contributed by atoms with Crippen LogP contribution in [0.25, 0.3) is 0 Å². The number of piperidine rings is 1. The number of rotatable bonds is 4. The smallest absolute Gasteiger partial charge is 0.263 e. The van der Waals surface area contributed by atoms with Crippen LogP contribution in [0.1, 0.15) is 37.1 Å². The maximum atomic E-state index is 12.7. The van der Waals surface area contributed by atoms with E-state index in [-0.39, 0.29) is 11.8 Å². The molecule has 0 bridgehead atoms. The molecule has 0 radical (unpaired) electrons. The number of hydrogen-bond donors (Lipinski definition) is 1. The van der Waals surface area contributed by atoms with Gasteiger partial charge >= 0.3 is 0 Å². The third-order valence-corrected chi connectivity index (χ3v) is 4.68. The van der Waals surface area contributed by atoms with Crippen LogP contribution in [0.15, 0.2) is 30.3 Å². The van der Waals surface area contributed by atoms with Gasteiger partial charge in [0.25, 0.3) is 5.91 Å².